The fraction of sp³-hybridized carbons (Fsp3) is 0.261. The van der Waals surface area contributed by atoms with Crippen LogP contribution in [0, 0.1) is 0 Å². The standard InChI is InChI=1S/C23H24N6/c1-17(18-7-8-22(25-14-18)28-9-4-5-10-28)27-20-12-19(13-24-15-20)21-16-26-23-6-2-3-11-29(21)23/h2-3,6-8,11-17,27H,4-5,9-10H2,1H3. The highest BCUT2D eigenvalue weighted by molar-refractivity contribution is 5.66. The van der Waals surface area contributed by atoms with Crippen molar-refractivity contribution in [3.63, 3.8) is 0 Å². The molecule has 1 saturated heterocycles. The van der Waals surface area contributed by atoms with Crippen LogP contribution in [-0.2, 0) is 0 Å². The molecule has 6 nitrogen and oxygen atoms in total. The van der Waals surface area contributed by atoms with E-state index in [-0.39, 0.29) is 6.04 Å². The van der Waals surface area contributed by atoms with E-state index in [0.717, 1.165) is 47.1 Å². The molecule has 1 N–H and O–H groups in total. The van der Waals surface area contributed by atoms with Gasteiger partial charge in [-0.2, -0.15) is 0 Å². The number of hydrogen-bond acceptors (Lipinski definition) is 5. The molecule has 1 fully saturated rings. The second kappa shape index (κ2) is 7.54. The van der Waals surface area contributed by atoms with Crippen LogP contribution in [0.15, 0.2) is 67.4 Å². The Hall–Kier alpha value is -3.41. The summed E-state index contributed by atoms with van der Waals surface area (Å²) in [6, 6.07) is 12.5. The molecular formula is C23H24N6. The second-order valence-electron chi connectivity index (χ2n) is 7.54. The monoisotopic (exact) mass is 384 g/mol. The number of nitrogens with one attached hydrogen (secondary N) is 1. The maximum absolute atomic E-state index is 4.67. The van der Waals surface area contributed by atoms with E-state index < -0.39 is 0 Å². The summed E-state index contributed by atoms with van der Waals surface area (Å²) in [5, 5.41) is 3.55. The van der Waals surface area contributed by atoms with Gasteiger partial charge in [-0.1, -0.05) is 12.1 Å². The smallest absolute Gasteiger partial charge is 0.137 e. The van der Waals surface area contributed by atoms with Crippen LogP contribution in [0.1, 0.15) is 31.4 Å². The Morgan fingerprint density at radius 2 is 1.86 bits per heavy atom. The van der Waals surface area contributed by atoms with Gasteiger partial charge in [-0.3, -0.25) is 9.38 Å². The minimum atomic E-state index is 0.134. The Bertz CT molecular complexity index is 1110. The van der Waals surface area contributed by atoms with E-state index in [4.69, 9.17) is 0 Å². The van der Waals surface area contributed by atoms with Crippen molar-refractivity contribution in [2.24, 2.45) is 0 Å². The van der Waals surface area contributed by atoms with E-state index in [2.05, 4.69) is 54.7 Å². The van der Waals surface area contributed by atoms with Crippen LogP contribution in [0.3, 0.4) is 0 Å². The summed E-state index contributed by atoms with van der Waals surface area (Å²) in [6.45, 7) is 4.37. The van der Waals surface area contributed by atoms with E-state index in [1.807, 2.05) is 49.2 Å². The molecule has 5 heterocycles. The predicted molar refractivity (Wildman–Crippen MR) is 116 cm³/mol. The van der Waals surface area contributed by atoms with Gasteiger partial charge in [-0.25, -0.2) is 9.97 Å². The number of rotatable bonds is 5. The fourth-order valence-corrected chi connectivity index (χ4v) is 3.93. The van der Waals surface area contributed by atoms with Crippen LogP contribution < -0.4 is 10.2 Å². The third-order valence-corrected chi connectivity index (χ3v) is 5.53. The van der Waals surface area contributed by atoms with Crippen LogP contribution in [-0.4, -0.2) is 32.4 Å². The van der Waals surface area contributed by atoms with Crippen molar-refractivity contribution < 1.29 is 0 Å². The zero-order valence-electron chi connectivity index (χ0n) is 16.5. The molecule has 5 rings (SSSR count). The Balaban J connectivity index is 1.34. The molecule has 0 radical (unpaired) electrons. The molecule has 0 amide bonds. The van der Waals surface area contributed by atoms with E-state index in [1.165, 1.54) is 12.8 Å². The van der Waals surface area contributed by atoms with E-state index in [1.54, 1.807) is 0 Å². The first-order valence-electron chi connectivity index (χ1n) is 10.1. The highest BCUT2D eigenvalue weighted by Gasteiger charge is 2.14. The highest BCUT2D eigenvalue weighted by atomic mass is 15.2. The number of imidazole rings is 1. The van der Waals surface area contributed by atoms with Crippen LogP contribution in [0.4, 0.5) is 11.5 Å². The number of aromatic nitrogens is 4. The molecule has 1 aliphatic rings. The van der Waals surface area contributed by atoms with E-state index in [9.17, 15) is 0 Å². The maximum Gasteiger partial charge on any atom is 0.137 e. The third kappa shape index (κ3) is 3.53. The Morgan fingerprint density at radius 3 is 2.69 bits per heavy atom. The summed E-state index contributed by atoms with van der Waals surface area (Å²) in [5.74, 6) is 1.08. The normalized spacial score (nSPS) is 15.0. The molecule has 29 heavy (non-hydrogen) atoms. The summed E-state index contributed by atoms with van der Waals surface area (Å²) in [4.78, 5) is 15.9. The van der Waals surface area contributed by atoms with Gasteiger partial charge < -0.3 is 10.2 Å². The average Bonchev–Trinajstić information content (AvgIpc) is 3.44. The Morgan fingerprint density at radius 1 is 0.966 bits per heavy atom. The number of anilines is 2. The molecule has 0 bridgehead atoms. The molecule has 0 spiro atoms. The SMILES string of the molecule is CC(Nc1cncc(-c2cnc3ccccn23)c1)c1ccc(N2CCCC2)nc1. The minimum absolute atomic E-state index is 0.134. The summed E-state index contributed by atoms with van der Waals surface area (Å²) >= 11 is 0. The zero-order chi connectivity index (χ0) is 19.6. The molecule has 4 aromatic rings. The molecule has 0 saturated carbocycles. The summed E-state index contributed by atoms with van der Waals surface area (Å²) in [5.41, 5.74) is 5.13. The van der Waals surface area contributed by atoms with E-state index >= 15 is 0 Å². The van der Waals surface area contributed by atoms with Gasteiger partial charge in [0.1, 0.15) is 11.5 Å². The molecule has 1 aliphatic heterocycles. The van der Waals surface area contributed by atoms with E-state index in [0.29, 0.717) is 0 Å². The van der Waals surface area contributed by atoms with Crippen molar-refractivity contribution in [3.05, 3.63) is 72.9 Å². The van der Waals surface area contributed by atoms with Crippen LogP contribution in [0.2, 0.25) is 0 Å². The highest BCUT2D eigenvalue weighted by Crippen LogP contribution is 2.26. The lowest BCUT2D eigenvalue weighted by Gasteiger charge is -2.19. The number of hydrogen-bond donors (Lipinski definition) is 1. The molecule has 6 heteroatoms. The number of pyridine rings is 3. The number of fused-ring (bicyclic) bond motifs is 1. The fourth-order valence-electron chi connectivity index (χ4n) is 3.93. The lowest BCUT2D eigenvalue weighted by atomic mass is 10.1. The summed E-state index contributed by atoms with van der Waals surface area (Å²) < 4.78 is 2.07. The van der Waals surface area contributed by atoms with Gasteiger partial charge in [0.05, 0.1) is 23.6 Å². The molecule has 0 aromatic carbocycles. The van der Waals surface area contributed by atoms with Crippen molar-refractivity contribution in [1.29, 1.82) is 0 Å². The van der Waals surface area contributed by atoms with Gasteiger partial charge in [0.2, 0.25) is 0 Å². The average molecular weight is 384 g/mol. The van der Waals surface area contributed by atoms with Crippen LogP contribution >= 0.6 is 0 Å². The first kappa shape index (κ1) is 17.7. The van der Waals surface area contributed by atoms with Crippen molar-refractivity contribution >= 4 is 17.2 Å². The second-order valence-corrected chi connectivity index (χ2v) is 7.54. The topological polar surface area (TPSA) is 58.4 Å². The molecule has 1 atom stereocenters. The van der Waals surface area contributed by atoms with Gasteiger partial charge in [0.15, 0.2) is 0 Å². The lowest BCUT2D eigenvalue weighted by Crippen LogP contribution is -2.19. The largest absolute Gasteiger partial charge is 0.377 e. The maximum atomic E-state index is 4.67. The number of nitrogens with zero attached hydrogens (tertiary/aromatic N) is 5. The van der Waals surface area contributed by atoms with Crippen molar-refractivity contribution in [3.8, 4) is 11.3 Å². The first-order chi connectivity index (χ1) is 14.3. The van der Waals surface area contributed by atoms with Crippen molar-refractivity contribution in [2.75, 3.05) is 23.3 Å². The summed E-state index contributed by atoms with van der Waals surface area (Å²) in [6.07, 6.45) is 12.1. The van der Waals surface area contributed by atoms with Crippen molar-refractivity contribution in [1.82, 2.24) is 19.4 Å². The van der Waals surface area contributed by atoms with Crippen LogP contribution in [0.25, 0.3) is 16.9 Å². The van der Waals surface area contributed by atoms with Gasteiger partial charge in [0.25, 0.3) is 0 Å². The van der Waals surface area contributed by atoms with Gasteiger partial charge >= 0.3 is 0 Å². The molecular weight excluding hydrogens is 360 g/mol. The lowest BCUT2D eigenvalue weighted by molar-refractivity contribution is 0.865. The van der Waals surface area contributed by atoms with Crippen LogP contribution in [0.5, 0.6) is 0 Å². The summed E-state index contributed by atoms with van der Waals surface area (Å²) in [7, 11) is 0. The predicted octanol–water partition coefficient (Wildman–Crippen LogP) is 4.56. The molecule has 4 aromatic heterocycles. The Labute approximate surface area is 170 Å². The zero-order valence-corrected chi connectivity index (χ0v) is 16.5. The molecule has 1 unspecified atom stereocenters. The minimum Gasteiger partial charge on any atom is -0.377 e. The van der Waals surface area contributed by atoms with Crippen molar-refractivity contribution in [2.45, 2.75) is 25.8 Å². The first-order valence-corrected chi connectivity index (χ1v) is 10.1. The molecule has 146 valence electrons. The molecule has 0 aliphatic carbocycles. The van der Waals surface area contributed by atoms with Gasteiger partial charge in [0, 0.05) is 43.4 Å². The quantitative estimate of drug-likeness (QED) is 0.546. The Kier molecular flexibility index (Phi) is 4.60. The van der Waals surface area contributed by atoms with Gasteiger partial charge in [-0.15, -0.1) is 0 Å². The third-order valence-electron chi connectivity index (χ3n) is 5.53. The van der Waals surface area contributed by atoms with Gasteiger partial charge in [-0.05, 0) is 49.6 Å².